The largest absolute Gasteiger partial charge is 0.508 e. The maximum atomic E-state index is 15.3. The Bertz CT molecular complexity index is 2420. The molecule has 13 nitrogen and oxygen atoms in total. The molecule has 61 heavy (non-hydrogen) atoms. The number of carbonyl (C=O) groups is 3. The minimum Gasteiger partial charge on any atom is -0.508 e. The van der Waals surface area contributed by atoms with Gasteiger partial charge in [-0.2, -0.15) is 0 Å². The van der Waals surface area contributed by atoms with E-state index in [0.29, 0.717) is 85.3 Å². The number of benzene rings is 4. The minimum atomic E-state index is -0.234. The summed E-state index contributed by atoms with van der Waals surface area (Å²) in [6, 6.07) is 27.7. The molecule has 1 fully saturated rings. The summed E-state index contributed by atoms with van der Waals surface area (Å²) in [6.07, 6.45) is 3.25. The third-order valence-corrected chi connectivity index (χ3v) is 12.2. The Morgan fingerprint density at radius 1 is 0.869 bits per heavy atom. The fraction of sp³-hybridized carbons (Fsp3) is 0.354. The van der Waals surface area contributed by atoms with E-state index in [1.54, 1.807) is 48.4 Å². The van der Waals surface area contributed by atoms with Crippen LogP contribution in [0.2, 0.25) is 0 Å². The summed E-state index contributed by atoms with van der Waals surface area (Å²) < 4.78 is 24.8. The molecule has 13 heteroatoms. The van der Waals surface area contributed by atoms with Gasteiger partial charge < -0.3 is 43.7 Å². The molecule has 1 unspecified atom stereocenters. The average molecular weight is 826 g/mol. The van der Waals surface area contributed by atoms with E-state index in [4.69, 9.17) is 18.9 Å². The quantitative estimate of drug-likeness (QED) is 0.144. The van der Waals surface area contributed by atoms with Crippen LogP contribution in [0.4, 0.5) is 5.69 Å². The number of rotatable bonds is 12. The second-order valence-corrected chi connectivity index (χ2v) is 16.1. The molecule has 0 aliphatic carbocycles. The zero-order valence-corrected chi connectivity index (χ0v) is 34.4. The highest BCUT2D eigenvalue weighted by molar-refractivity contribution is 6.09. The Hall–Kier alpha value is -6.15. The highest BCUT2D eigenvalue weighted by atomic mass is 16.7. The highest BCUT2D eigenvalue weighted by Gasteiger charge is 2.36. The Morgan fingerprint density at radius 2 is 1.66 bits per heavy atom. The van der Waals surface area contributed by atoms with E-state index in [2.05, 4.69) is 33.0 Å². The first-order chi connectivity index (χ1) is 29.8. The number of nitrogens with one attached hydrogen (secondary N) is 1. The first-order valence-electron chi connectivity index (χ1n) is 21.2. The number of methoxy groups -OCH3 is 1. The van der Waals surface area contributed by atoms with E-state index >= 15 is 9.59 Å². The number of morpholine rings is 1. The van der Waals surface area contributed by atoms with Crippen molar-refractivity contribution in [3.8, 4) is 28.5 Å². The summed E-state index contributed by atoms with van der Waals surface area (Å²) >= 11 is 0. The Labute approximate surface area is 355 Å². The molecule has 2 N–H and O–H groups in total. The van der Waals surface area contributed by atoms with E-state index in [0.717, 1.165) is 61.4 Å². The lowest BCUT2D eigenvalue weighted by Crippen LogP contribution is -2.52. The summed E-state index contributed by atoms with van der Waals surface area (Å²) in [6.45, 7) is 5.85. The van der Waals surface area contributed by atoms with Gasteiger partial charge in [0.2, 0.25) is 6.79 Å². The first kappa shape index (κ1) is 40.3. The van der Waals surface area contributed by atoms with Gasteiger partial charge in [-0.1, -0.05) is 36.4 Å². The molecule has 5 aromatic rings. The van der Waals surface area contributed by atoms with Gasteiger partial charge in [0.1, 0.15) is 5.75 Å². The molecule has 9 rings (SSSR count). The molecule has 1 saturated heterocycles. The average Bonchev–Trinajstić information content (AvgIpc) is 3.93. The molecule has 5 heterocycles. The van der Waals surface area contributed by atoms with Gasteiger partial charge in [0.05, 0.1) is 37.5 Å². The Morgan fingerprint density at radius 3 is 2.46 bits per heavy atom. The number of ether oxygens (including phenoxy) is 4. The predicted molar refractivity (Wildman–Crippen MR) is 229 cm³/mol. The number of hydrogen-bond donors (Lipinski definition) is 2. The number of nitrogens with zero attached hydrogens (tertiary/aromatic N) is 4. The SMILES string of the molecule is COCCNC(=O)c1cccc(CN(C(=O)c2cc(-c3cc4c(cc3C(=O)N3Cc5ccccc5CC3CN3CCOCC3)OCO4)n3c2CCCC3)c2ccc(O)cc2)c1. The normalized spacial score (nSPS) is 17.1. The number of aromatic nitrogens is 1. The summed E-state index contributed by atoms with van der Waals surface area (Å²) in [5, 5.41) is 13.1. The van der Waals surface area contributed by atoms with Crippen LogP contribution >= 0.6 is 0 Å². The lowest BCUT2D eigenvalue weighted by Gasteiger charge is -2.40. The standard InChI is InChI=1S/C48H51N5O8/c1-58-20-16-49-46(55)34-10-6-7-32(23-34)28-52(36-12-14-38(54)15-13-36)48(57)41-25-43(51-17-5-4-11-42(41)51)39-26-44-45(61-31-60-44)27-40(39)47(56)53-29-35-9-3-2-8-33(35)24-37(53)30-50-18-21-59-22-19-50/h2-3,6-10,12-15,23,25-27,37,54H,4-5,11,16-22,24,28-31H2,1H3,(H,49,55). The maximum Gasteiger partial charge on any atom is 0.260 e. The molecule has 1 aromatic heterocycles. The lowest BCUT2D eigenvalue weighted by atomic mass is 9.92. The van der Waals surface area contributed by atoms with Crippen molar-refractivity contribution in [2.24, 2.45) is 0 Å². The highest BCUT2D eigenvalue weighted by Crippen LogP contribution is 2.42. The van der Waals surface area contributed by atoms with Crippen molar-refractivity contribution in [1.29, 1.82) is 0 Å². The van der Waals surface area contributed by atoms with Crippen LogP contribution < -0.4 is 19.7 Å². The Kier molecular flexibility index (Phi) is 11.8. The number of carbonyl (C=O) groups excluding carboxylic acids is 3. The lowest BCUT2D eigenvalue weighted by molar-refractivity contribution is 0.0193. The van der Waals surface area contributed by atoms with Gasteiger partial charge in [0.25, 0.3) is 17.7 Å². The second-order valence-electron chi connectivity index (χ2n) is 16.1. The molecule has 1 atom stereocenters. The zero-order valence-electron chi connectivity index (χ0n) is 34.4. The van der Waals surface area contributed by atoms with Crippen LogP contribution in [0.25, 0.3) is 11.3 Å². The molecule has 0 spiro atoms. The van der Waals surface area contributed by atoms with E-state index in [1.807, 2.05) is 41.3 Å². The van der Waals surface area contributed by atoms with E-state index in [1.165, 1.54) is 5.56 Å². The summed E-state index contributed by atoms with van der Waals surface area (Å²) in [7, 11) is 1.58. The monoisotopic (exact) mass is 825 g/mol. The third-order valence-electron chi connectivity index (χ3n) is 12.2. The molecule has 0 radical (unpaired) electrons. The van der Waals surface area contributed by atoms with Crippen molar-refractivity contribution in [2.45, 2.75) is 51.4 Å². The minimum absolute atomic E-state index is 0.0523. The van der Waals surface area contributed by atoms with Gasteiger partial charge in [0.15, 0.2) is 11.5 Å². The van der Waals surface area contributed by atoms with Crippen molar-refractivity contribution < 1.29 is 38.4 Å². The summed E-state index contributed by atoms with van der Waals surface area (Å²) in [5.74, 6) is 0.587. The number of phenols is 1. The summed E-state index contributed by atoms with van der Waals surface area (Å²) in [4.78, 5) is 49.5. The van der Waals surface area contributed by atoms with Gasteiger partial charge in [-0.05, 0) is 97.0 Å². The van der Waals surface area contributed by atoms with Crippen molar-refractivity contribution >= 4 is 23.4 Å². The molecular formula is C48H51N5O8. The van der Waals surface area contributed by atoms with Gasteiger partial charge in [-0.3, -0.25) is 19.3 Å². The summed E-state index contributed by atoms with van der Waals surface area (Å²) in [5.41, 5.74) is 7.59. The molecule has 4 aromatic carbocycles. The third kappa shape index (κ3) is 8.46. The topological polar surface area (TPSA) is 135 Å². The number of phenolic OH excluding ortho intramolecular Hbond substituents is 1. The molecule has 316 valence electrons. The first-order valence-corrected chi connectivity index (χ1v) is 21.2. The van der Waals surface area contributed by atoms with Gasteiger partial charge in [-0.15, -0.1) is 0 Å². The van der Waals surface area contributed by atoms with Gasteiger partial charge >= 0.3 is 0 Å². The number of aromatic hydroxyl groups is 1. The van der Waals surface area contributed by atoms with Crippen LogP contribution in [-0.4, -0.2) is 103 Å². The van der Waals surface area contributed by atoms with E-state index < -0.39 is 0 Å². The smallest absolute Gasteiger partial charge is 0.260 e. The molecule has 4 aliphatic rings. The molecule has 0 saturated carbocycles. The van der Waals surface area contributed by atoms with Crippen LogP contribution in [0.3, 0.4) is 0 Å². The fourth-order valence-electron chi connectivity index (χ4n) is 9.06. The maximum absolute atomic E-state index is 15.3. The van der Waals surface area contributed by atoms with Crippen LogP contribution in [0.5, 0.6) is 17.2 Å². The van der Waals surface area contributed by atoms with Crippen molar-refractivity contribution in [2.75, 3.05) is 64.8 Å². The zero-order chi connectivity index (χ0) is 41.9. The fourth-order valence-corrected chi connectivity index (χ4v) is 9.06. The van der Waals surface area contributed by atoms with Crippen LogP contribution in [0.1, 0.15) is 66.3 Å². The second kappa shape index (κ2) is 17.8. The number of anilines is 1. The molecular weight excluding hydrogens is 775 g/mol. The van der Waals surface area contributed by atoms with Crippen LogP contribution in [-0.2, 0) is 41.9 Å². The van der Waals surface area contributed by atoms with Crippen molar-refractivity contribution in [1.82, 2.24) is 19.7 Å². The molecule has 3 amide bonds. The molecule has 0 bridgehead atoms. The van der Waals surface area contributed by atoms with Crippen molar-refractivity contribution in [3.05, 3.63) is 130 Å². The molecule has 4 aliphatic heterocycles. The number of amides is 3. The number of hydrogen-bond acceptors (Lipinski definition) is 9. The van der Waals surface area contributed by atoms with E-state index in [9.17, 15) is 9.90 Å². The van der Waals surface area contributed by atoms with Gasteiger partial charge in [-0.25, -0.2) is 0 Å². The predicted octanol–water partition coefficient (Wildman–Crippen LogP) is 6.05. The number of fused-ring (bicyclic) bond motifs is 3. The van der Waals surface area contributed by atoms with E-state index in [-0.39, 0.29) is 42.9 Å². The Balaban J connectivity index is 1.10. The van der Waals surface area contributed by atoms with Crippen LogP contribution in [0.15, 0.2) is 91.0 Å². The van der Waals surface area contributed by atoms with Crippen LogP contribution in [0, 0.1) is 0 Å². The van der Waals surface area contributed by atoms with Gasteiger partial charge in [0, 0.05) is 80.6 Å². The van der Waals surface area contributed by atoms with Crippen molar-refractivity contribution in [3.63, 3.8) is 0 Å².